The Morgan fingerprint density at radius 3 is 2.52 bits per heavy atom. The Morgan fingerprint density at radius 1 is 1.04 bits per heavy atom. The van der Waals surface area contributed by atoms with Gasteiger partial charge in [0.05, 0.1) is 18.4 Å². The van der Waals surface area contributed by atoms with Crippen molar-refractivity contribution in [2.75, 3.05) is 11.5 Å². The third-order valence-corrected chi connectivity index (χ3v) is 5.41. The van der Waals surface area contributed by atoms with E-state index in [1.54, 1.807) is 23.8 Å². The summed E-state index contributed by atoms with van der Waals surface area (Å²) in [6.07, 6.45) is 0.880. The predicted molar refractivity (Wildman–Crippen MR) is 107 cm³/mol. The van der Waals surface area contributed by atoms with Crippen molar-refractivity contribution >= 4 is 39.1 Å². The van der Waals surface area contributed by atoms with Crippen LogP contribution in [0.25, 0.3) is 22.0 Å². The van der Waals surface area contributed by atoms with Crippen molar-refractivity contribution in [1.82, 2.24) is 4.57 Å². The molecule has 0 unspecified atom stereocenters. The number of halogens is 1. The molecule has 1 aliphatic carbocycles. The van der Waals surface area contributed by atoms with E-state index in [4.69, 9.17) is 4.74 Å². The highest BCUT2D eigenvalue weighted by atomic mass is 127. The largest absolute Gasteiger partial charge is 0.497 e. The van der Waals surface area contributed by atoms with Gasteiger partial charge in [-0.2, -0.15) is 0 Å². The first-order valence-electron chi connectivity index (χ1n) is 8.12. The summed E-state index contributed by atoms with van der Waals surface area (Å²) in [6.45, 7) is 0.605. The summed E-state index contributed by atoms with van der Waals surface area (Å²) >= 11 is 2.31. The van der Waals surface area contributed by atoms with Crippen LogP contribution in [0.15, 0.2) is 47.3 Å². The van der Waals surface area contributed by atoms with Crippen LogP contribution in [0, 0.1) is 0 Å². The van der Waals surface area contributed by atoms with E-state index in [9.17, 15) is 9.59 Å². The van der Waals surface area contributed by atoms with Gasteiger partial charge in [-0.05, 0) is 30.7 Å². The zero-order valence-corrected chi connectivity index (χ0v) is 15.9. The third-order valence-electron chi connectivity index (χ3n) is 4.65. The van der Waals surface area contributed by atoms with Crippen molar-refractivity contribution in [1.29, 1.82) is 0 Å². The Kier molecular flexibility index (Phi) is 4.11. The van der Waals surface area contributed by atoms with Crippen LogP contribution in [0.3, 0.4) is 0 Å². The van der Waals surface area contributed by atoms with Gasteiger partial charge in [-0.3, -0.25) is 9.59 Å². The monoisotopic (exact) mass is 445 g/mol. The summed E-state index contributed by atoms with van der Waals surface area (Å²) in [6, 6.07) is 12.9. The highest BCUT2D eigenvalue weighted by Gasteiger charge is 2.32. The van der Waals surface area contributed by atoms with Crippen LogP contribution in [0.4, 0.5) is 0 Å². The quantitative estimate of drug-likeness (QED) is 0.352. The van der Waals surface area contributed by atoms with E-state index in [1.165, 1.54) is 0 Å². The first-order chi connectivity index (χ1) is 12.2. The molecule has 0 N–H and O–H groups in total. The van der Waals surface area contributed by atoms with Crippen molar-refractivity contribution in [2.24, 2.45) is 0 Å². The third kappa shape index (κ3) is 2.40. The van der Waals surface area contributed by atoms with Gasteiger partial charge in [0.15, 0.2) is 5.78 Å². The minimum absolute atomic E-state index is 0.0318. The fourth-order valence-corrected chi connectivity index (χ4v) is 3.86. The fraction of sp³-hybridized carbons (Fsp3) is 0.200. The van der Waals surface area contributed by atoms with Gasteiger partial charge in [0.2, 0.25) is 0 Å². The molecule has 0 aliphatic heterocycles. The molecule has 5 heteroatoms. The lowest BCUT2D eigenvalue weighted by molar-refractivity contribution is 0.104. The van der Waals surface area contributed by atoms with Gasteiger partial charge in [0.1, 0.15) is 5.75 Å². The Morgan fingerprint density at radius 2 is 1.80 bits per heavy atom. The number of aromatic nitrogens is 1. The zero-order chi connectivity index (χ0) is 17.6. The van der Waals surface area contributed by atoms with Gasteiger partial charge in [0.25, 0.3) is 5.56 Å². The zero-order valence-electron chi connectivity index (χ0n) is 13.7. The fourth-order valence-electron chi connectivity index (χ4n) is 3.52. The van der Waals surface area contributed by atoms with Gasteiger partial charge >= 0.3 is 0 Å². The van der Waals surface area contributed by atoms with E-state index in [2.05, 4.69) is 22.6 Å². The molecule has 1 aliphatic rings. The standard InChI is InChI=1S/C20H16INO3/c1-25-12-7-8-14-16(11-12)19(23)17-13-5-2-3-6-15(13)20(24)22(18(14)17)10-4-9-21/h2-3,5-8,11H,4,9-10H2,1H3. The van der Waals surface area contributed by atoms with Gasteiger partial charge in [-0.25, -0.2) is 0 Å². The number of methoxy groups -OCH3 is 1. The van der Waals surface area contributed by atoms with Crippen molar-refractivity contribution in [3.05, 3.63) is 63.9 Å². The summed E-state index contributed by atoms with van der Waals surface area (Å²) in [5.41, 5.74) is 2.77. The number of pyridine rings is 1. The number of carbonyl (C=O) groups excluding carboxylic acids is 1. The molecule has 0 amide bonds. The number of hydrogen-bond donors (Lipinski definition) is 0. The van der Waals surface area contributed by atoms with Gasteiger partial charge in [-0.1, -0.05) is 40.8 Å². The van der Waals surface area contributed by atoms with Crippen LogP contribution >= 0.6 is 22.6 Å². The molecule has 0 radical (unpaired) electrons. The molecular formula is C20H16INO3. The van der Waals surface area contributed by atoms with Crippen LogP contribution in [0.2, 0.25) is 0 Å². The van der Waals surface area contributed by atoms with Crippen LogP contribution in [-0.2, 0) is 6.54 Å². The van der Waals surface area contributed by atoms with E-state index in [-0.39, 0.29) is 11.3 Å². The second-order valence-corrected chi connectivity index (χ2v) is 7.09. The van der Waals surface area contributed by atoms with Crippen molar-refractivity contribution in [2.45, 2.75) is 13.0 Å². The van der Waals surface area contributed by atoms with Crippen molar-refractivity contribution in [3.8, 4) is 17.0 Å². The van der Waals surface area contributed by atoms with E-state index in [1.807, 2.05) is 30.3 Å². The molecular weight excluding hydrogens is 429 g/mol. The lowest BCUT2D eigenvalue weighted by Gasteiger charge is -2.14. The second kappa shape index (κ2) is 6.29. The first-order valence-corrected chi connectivity index (χ1v) is 9.64. The molecule has 3 aromatic rings. The van der Waals surface area contributed by atoms with E-state index >= 15 is 0 Å². The highest BCUT2D eigenvalue weighted by molar-refractivity contribution is 14.1. The molecule has 2 aromatic carbocycles. The van der Waals surface area contributed by atoms with Crippen molar-refractivity contribution in [3.63, 3.8) is 0 Å². The molecule has 0 saturated carbocycles. The normalized spacial score (nSPS) is 12.3. The molecule has 1 heterocycles. The number of carbonyl (C=O) groups is 1. The average Bonchev–Trinajstić information content (AvgIpc) is 2.94. The van der Waals surface area contributed by atoms with Gasteiger partial charge < -0.3 is 9.30 Å². The van der Waals surface area contributed by atoms with E-state index in [0.717, 1.165) is 27.5 Å². The Balaban J connectivity index is 2.11. The highest BCUT2D eigenvalue weighted by Crippen LogP contribution is 2.40. The van der Waals surface area contributed by atoms with Crippen LogP contribution in [0.1, 0.15) is 22.3 Å². The second-order valence-electron chi connectivity index (χ2n) is 6.01. The lowest BCUT2D eigenvalue weighted by Crippen LogP contribution is -2.23. The van der Waals surface area contributed by atoms with Crippen molar-refractivity contribution < 1.29 is 9.53 Å². The van der Waals surface area contributed by atoms with Crippen LogP contribution in [0.5, 0.6) is 5.75 Å². The molecule has 0 fully saturated rings. The Hall–Kier alpha value is -2.15. The number of alkyl halides is 1. The summed E-state index contributed by atoms with van der Waals surface area (Å²) in [5, 5.41) is 1.33. The summed E-state index contributed by atoms with van der Waals surface area (Å²) in [7, 11) is 1.58. The SMILES string of the molecule is COc1ccc2c(c1)C(=O)c1c-2n(CCCI)c(=O)c2ccccc12. The maximum atomic E-state index is 13.1. The number of rotatable bonds is 4. The number of ether oxygens (including phenoxy) is 1. The maximum Gasteiger partial charge on any atom is 0.258 e. The van der Waals surface area contributed by atoms with Gasteiger partial charge in [0, 0.05) is 32.9 Å². The molecule has 0 atom stereocenters. The summed E-state index contributed by atoms with van der Waals surface area (Å²) in [5.74, 6) is 0.605. The molecule has 1 aromatic heterocycles. The molecule has 0 bridgehead atoms. The number of benzene rings is 2. The predicted octanol–water partition coefficient (Wildman–Crippen LogP) is 4.05. The summed E-state index contributed by atoms with van der Waals surface area (Å²) in [4.78, 5) is 26.2. The average molecular weight is 445 g/mol. The molecule has 126 valence electrons. The number of ketones is 1. The lowest BCUT2D eigenvalue weighted by atomic mass is 10.0. The summed E-state index contributed by atoms with van der Waals surface area (Å²) < 4.78 is 8.00. The van der Waals surface area contributed by atoms with Gasteiger partial charge in [-0.15, -0.1) is 0 Å². The Labute approximate surface area is 158 Å². The minimum Gasteiger partial charge on any atom is -0.497 e. The van der Waals surface area contributed by atoms with Crippen LogP contribution in [-0.4, -0.2) is 21.9 Å². The van der Waals surface area contributed by atoms with E-state index < -0.39 is 0 Å². The van der Waals surface area contributed by atoms with E-state index in [0.29, 0.717) is 28.8 Å². The molecule has 0 spiro atoms. The molecule has 0 saturated heterocycles. The van der Waals surface area contributed by atoms with Crippen LogP contribution < -0.4 is 10.3 Å². The molecule has 4 nitrogen and oxygen atoms in total. The maximum absolute atomic E-state index is 13.1. The topological polar surface area (TPSA) is 48.3 Å². The number of hydrogen-bond acceptors (Lipinski definition) is 3. The first kappa shape index (κ1) is 16.3. The molecule has 25 heavy (non-hydrogen) atoms. The minimum atomic E-state index is -0.0386. The number of nitrogens with zero attached hydrogens (tertiary/aromatic N) is 1. The smallest absolute Gasteiger partial charge is 0.258 e. The Bertz CT molecular complexity index is 1070. The molecule has 4 rings (SSSR count). The number of fused-ring (bicyclic) bond motifs is 5.